The van der Waals surface area contributed by atoms with Crippen LogP contribution >= 0.6 is 64.8 Å². The minimum atomic E-state index is 0.790. The van der Waals surface area contributed by atoms with Gasteiger partial charge in [0.05, 0.1) is 0 Å². The molecule has 6 aromatic rings. The van der Waals surface area contributed by atoms with Crippen LogP contribution in [0.1, 0.15) is 33.5 Å². The third-order valence-electron chi connectivity index (χ3n) is 6.90. The van der Waals surface area contributed by atoms with Crippen molar-refractivity contribution in [3.63, 3.8) is 0 Å². The van der Waals surface area contributed by atoms with Gasteiger partial charge in [-0.3, -0.25) is 0 Å². The van der Waals surface area contributed by atoms with Crippen LogP contribution in [-0.2, 0) is 12.8 Å². The quantitative estimate of drug-likeness (QED) is 0.109. The van der Waals surface area contributed by atoms with E-state index < -0.39 is 0 Å². The second-order valence-corrected chi connectivity index (χ2v) is 17.3. The van der Waals surface area contributed by atoms with Crippen molar-refractivity contribution in [3.8, 4) is 0 Å². The Morgan fingerprint density at radius 2 is 1.13 bits per heavy atom. The highest BCUT2D eigenvalue weighted by molar-refractivity contribution is 8.77. The molecule has 2 heterocycles. The lowest BCUT2D eigenvalue weighted by Crippen LogP contribution is -1.95. The second kappa shape index (κ2) is 16.9. The Kier molecular flexibility index (Phi) is 12.2. The van der Waals surface area contributed by atoms with Crippen molar-refractivity contribution < 1.29 is 0 Å². The van der Waals surface area contributed by atoms with Gasteiger partial charge >= 0.3 is 0 Å². The van der Waals surface area contributed by atoms with Gasteiger partial charge < -0.3 is 0 Å². The highest BCUT2D eigenvalue weighted by Gasteiger charge is 2.11. The molecule has 0 saturated heterocycles. The zero-order valence-electron chi connectivity index (χ0n) is 25.5. The SMILES string of the molecule is Cc1cccc(SSc2cc(C)cc(Cc3ccccc3SSc3ccccc3Cc3cccc(SSc4ccccn4)n3)c2)c1. The molecule has 0 spiro atoms. The molecule has 4 aromatic carbocycles. The van der Waals surface area contributed by atoms with Crippen LogP contribution in [0, 0.1) is 13.8 Å². The van der Waals surface area contributed by atoms with Gasteiger partial charge in [-0.1, -0.05) is 110 Å². The minimum Gasteiger partial charge on any atom is -0.249 e. The molecule has 2 aromatic heterocycles. The van der Waals surface area contributed by atoms with E-state index in [4.69, 9.17) is 4.98 Å². The van der Waals surface area contributed by atoms with Crippen molar-refractivity contribution >= 4 is 64.8 Å². The van der Waals surface area contributed by atoms with E-state index in [0.717, 1.165) is 28.6 Å². The summed E-state index contributed by atoms with van der Waals surface area (Å²) in [5, 5.41) is 1.98. The van der Waals surface area contributed by atoms with Crippen LogP contribution in [0.15, 0.2) is 163 Å². The van der Waals surface area contributed by atoms with Gasteiger partial charge in [0, 0.05) is 37.9 Å². The third-order valence-corrected chi connectivity index (χ3v) is 14.0. The van der Waals surface area contributed by atoms with Crippen LogP contribution in [0.3, 0.4) is 0 Å². The average molecular weight is 709 g/mol. The molecule has 0 aliphatic heterocycles. The summed E-state index contributed by atoms with van der Waals surface area (Å²) in [6, 6.07) is 45.4. The van der Waals surface area contributed by atoms with E-state index in [9.17, 15) is 0 Å². The van der Waals surface area contributed by atoms with Gasteiger partial charge in [-0.25, -0.2) is 9.97 Å². The summed E-state index contributed by atoms with van der Waals surface area (Å²) in [5.74, 6) is 0. The van der Waals surface area contributed by atoms with Gasteiger partial charge in [-0.2, -0.15) is 0 Å². The number of benzene rings is 4. The normalized spacial score (nSPS) is 11.1. The summed E-state index contributed by atoms with van der Waals surface area (Å²) in [6.07, 6.45) is 3.52. The first-order valence-corrected chi connectivity index (χ1v) is 21.3. The second-order valence-electron chi connectivity index (χ2n) is 10.7. The van der Waals surface area contributed by atoms with Crippen molar-refractivity contribution in [2.75, 3.05) is 0 Å². The van der Waals surface area contributed by atoms with Crippen molar-refractivity contribution in [1.29, 1.82) is 0 Å². The van der Waals surface area contributed by atoms with Crippen LogP contribution in [-0.4, -0.2) is 9.97 Å². The molecule has 0 unspecified atom stereocenters. The zero-order valence-corrected chi connectivity index (χ0v) is 30.4. The zero-order chi connectivity index (χ0) is 31.6. The number of hydrogen-bond donors (Lipinski definition) is 0. The summed E-state index contributed by atoms with van der Waals surface area (Å²) < 4.78 is 0. The molecule has 230 valence electrons. The molecule has 0 amide bonds. The molecule has 46 heavy (non-hydrogen) atoms. The van der Waals surface area contributed by atoms with Crippen molar-refractivity contribution in [3.05, 3.63) is 167 Å². The monoisotopic (exact) mass is 708 g/mol. The minimum absolute atomic E-state index is 0.790. The van der Waals surface area contributed by atoms with Gasteiger partial charge in [-0.05, 0) is 130 Å². The largest absolute Gasteiger partial charge is 0.249 e. The first-order chi connectivity index (χ1) is 22.6. The number of pyridine rings is 2. The van der Waals surface area contributed by atoms with Gasteiger partial charge in [0.25, 0.3) is 0 Å². The Morgan fingerprint density at radius 1 is 0.478 bits per heavy atom. The first kappa shape index (κ1) is 33.2. The number of nitrogens with zero attached hydrogens (tertiary/aromatic N) is 2. The lowest BCUT2D eigenvalue weighted by Gasteiger charge is -2.13. The summed E-state index contributed by atoms with van der Waals surface area (Å²) in [5.41, 5.74) is 7.64. The molecular formula is C38H32N2S6. The van der Waals surface area contributed by atoms with Crippen LogP contribution in [0.2, 0.25) is 0 Å². The Morgan fingerprint density at radius 3 is 1.89 bits per heavy atom. The number of aryl methyl sites for hydroxylation is 2. The van der Waals surface area contributed by atoms with Crippen molar-refractivity contribution in [2.24, 2.45) is 0 Å². The molecule has 0 N–H and O–H groups in total. The molecule has 0 fully saturated rings. The number of hydrogen-bond acceptors (Lipinski definition) is 8. The van der Waals surface area contributed by atoms with E-state index in [1.54, 1.807) is 21.6 Å². The van der Waals surface area contributed by atoms with E-state index in [1.165, 1.54) is 47.4 Å². The average Bonchev–Trinajstić information content (AvgIpc) is 3.07. The molecule has 8 heteroatoms. The predicted octanol–water partition coefficient (Wildman–Crippen LogP) is 12.7. The van der Waals surface area contributed by atoms with Gasteiger partial charge in [0.1, 0.15) is 10.1 Å². The number of rotatable bonds is 13. The lowest BCUT2D eigenvalue weighted by atomic mass is 10.0. The number of aromatic nitrogens is 2. The summed E-state index contributed by atoms with van der Waals surface area (Å²) in [7, 11) is 10.6. The van der Waals surface area contributed by atoms with Gasteiger partial charge in [0.2, 0.25) is 0 Å². The van der Waals surface area contributed by atoms with E-state index in [-0.39, 0.29) is 0 Å². The Labute approximate surface area is 296 Å². The molecule has 0 bridgehead atoms. The highest BCUT2D eigenvalue weighted by Crippen LogP contribution is 2.42. The van der Waals surface area contributed by atoms with Crippen molar-refractivity contribution in [1.82, 2.24) is 9.97 Å². The Bertz CT molecular complexity index is 1900. The van der Waals surface area contributed by atoms with E-state index in [2.05, 4.69) is 128 Å². The van der Waals surface area contributed by atoms with Crippen LogP contribution in [0.25, 0.3) is 0 Å². The first-order valence-electron chi connectivity index (χ1n) is 14.8. The van der Waals surface area contributed by atoms with Gasteiger partial charge in [-0.15, -0.1) is 0 Å². The molecular weight excluding hydrogens is 677 g/mol. The van der Waals surface area contributed by atoms with Crippen molar-refractivity contribution in [2.45, 2.75) is 56.3 Å². The predicted molar refractivity (Wildman–Crippen MR) is 204 cm³/mol. The Balaban J connectivity index is 1.11. The van der Waals surface area contributed by atoms with Gasteiger partial charge in [0.15, 0.2) is 0 Å². The molecule has 0 saturated carbocycles. The van der Waals surface area contributed by atoms with Crippen LogP contribution in [0.5, 0.6) is 0 Å². The molecule has 6 rings (SSSR count). The molecule has 0 radical (unpaired) electrons. The Hall–Kier alpha value is -2.72. The topological polar surface area (TPSA) is 25.8 Å². The smallest absolute Gasteiger partial charge is 0.107 e. The molecule has 2 nitrogen and oxygen atoms in total. The third kappa shape index (κ3) is 9.89. The maximum atomic E-state index is 4.95. The molecule has 0 aliphatic carbocycles. The fraction of sp³-hybridized carbons (Fsp3) is 0.105. The maximum absolute atomic E-state index is 4.95. The van der Waals surface area contributed by atoms with E-state index in [0.29, 0.717) is 0 Å². The van der Waals surface area contributed by atoms with Crippen LogP contribution in [0.4, 0.5) is 0 Å². The summed E-state index contributed by atoms with van der Waals surface area (Å²) in [4.78, 5) is 14.5. The fourth-order valence-electron chi connectivity index (χ4n) is 4.79. The fourth-order valence-corrected chi connectivity index (χ4v) is 11.2. The standard InChI is InChI=1S/C38H32N2S6/c1-27-11-9-15-33(22-27)41-42-34-23-28(2)21-29(25-34)24-30-12-3-5-16-35(30)43-44-36-17-6-4-13-31(36)26-32-14-10-19-38(40-32)46-45-37-18-7-8-20-39-37/h3-23,25H,24,26H2,1-2H3. The summed E-state index contributed by atoms with van der Waals surface area (Å²) in [6.45, 7) is 4.34. The van der Waals surface area contributed by atoms with E-state index >= 15 is 0 Å². The highest BCUT2D eigenvalue weighted by atomic mass is 33.1. The summed E-state index contributed by atoms with van der Waals surface area (Å²) >= 11 is 0. The molecule has 0 aliphatic rings. The van der Waals surface area contributed by atoms with Crippen LogP contribution < -0.4 is 0 Å². The lowest BCUT2D eigenvalue weighted by molar-refractivity contribution is 0.984. The molecule has 0 atom stereocenters. The maximum Gasteiger partial charge on any atom is 0.107 e. The van der Waals surface area contributed by atoms with E-state index in [1.807, 2.05) is 67.6 Å².